The highest BCUT2D eigenvalue weighted by Crippen LogP contribution is 2.14. The maximum atomic E-state index is 11.7. The molecule has 0 N–H and O–H groups in total. The molecule has 0 spiro atoms. The smallest absolute Gasteiger partial charge is 0.306 e. The first-order valence-corrected chi connectivity index (χ1v) is 13.9. The summed E-state index contributed by atoms with van der Waals surface area (Å²) < 4.78 is 15.4. The van der Waals surface area contributed by atoms with E-state index in [2.05, 4.69) is 6.92 Å². The summed E-state index contributed by atoms with van der Waals surface area (Å²) >= 11 is 0. The lowest BCUT2D eigenvalue weighted by molar-refractivity contribution is -0.151. The van der Waals surface area contributed by atoms with Crippen LogP contribution in [0.1, 0.15) is 136 Å². The molecule has 0 aromatic carbocycles. The minimum absolute atomic E-state index is 0.0921. The summed E-state index contributed by atoms with van der Waals surface area (Å²) in [5.74, 6) is -0.380. The number of hydrogen-bond donors (Lipinski definition) is 0. The van der Waals surface area contributed by atoms with Crippen molar-refractivity contribution in [3.05, 3.63) is 0 Å². The zero-order valence-corrected chi connectivity index (χ0v) is 22.2. The van der Waals surface area contributed by atoms with E-state index in [1.54, 1.807) is 7.11 Å². The van der Waals surface area contributed by atoms with Crippen molar-refractivity contribution in [2.24, 2.45) is 5.92 Å². The molecule has 196 valence electrons. The zero-order valence-electron chi connectivity index (χ0n) is 22.2. The van der Waals surface area contributed by atoms with E-state index in [0.717, 1.165) is 19.3 Å². The van der Waals surface area contributed by atoms with Gasteiger partial charge in [-0.2, -0.15) is 0 Å². The van der Waals surface area contributed by atoms with Crippen LogP contribution in [0.5, 0.6) is 0 Å². The first-order chi connectivity index (χ1) is 16.1. The molecule has 0 aliphatic carbocycles. The number of ether oxygens (including phenoxy) is 3. The predicted octanol–water partition coefficient (Wildman–Crippen LogP) is 7.79. The Hall–Kier alpha value is -1.10. The van der Waals surface area contributed by atoms with Gasteiger partial charge in [0.2, 0.25) is 0 Å². The first-order valence-electron chi connectivity index (χ1n) is 13.9. The molecule has 5 heteroatoms. The topological polar surface area (TPSA) is 61.8 Å². The second-order valence-corrected chi connectivity index (χ2v) is 9.59. The van der Waals surface area contributed by atoms with E-state index in [1.807, 2.05) is 6.92 Å². The Balaban J connectivity index is 3.30. The van der Waals surface area contributed by atoms with Gasteiger partial charge in [-0.1, -0.05) is 110 Å². The van der Waals surface area contributed by atoms with E-state index in [1.165, 1.54) is 89.9 Å². The van der Waals surface area contributed by atoms with Crippen LogP contribution in [0, 0.1) is 5.92 Å². The molecule has 0 bridgehead atoms. The van der Waals surface area contributed by atoms with Crippen LogP contribution in [-0.4, -0.2) is 38.9 Å². The monoisotopic (exact) mass is 470 g/mol. The fourth-order valence-corrected chi connectivity index (χ4v) is 3.82. The van der Waals surface area contributed by atoms with Crippen molar-refractivity contribution in [3.63, 3.8) is 0 Å². The van der Waals surface area contributed by atoms with Crippen LogP contribution in [0.15, 0.2) is 0 Å². The van der Waals surface area contributed by atoms with Gasteiger partial charge in [0.1, 0.15) is 0 Å². The summed E-state index contributed by atoms with van der Waals surface area (Å²) in [7, 11) is 1.66. The average molecular weight is 471 g/mol. The lowest BCUT2D eigenvalue weighted by Crippen LogP contribution is -2.15. The summed E-state index contributed by atoms with van der Waals surface area (Å²) in [6.45, 7) is 5.77. The zero-order chi connectivity index (χ0) is 24.4. The third-order valence-electron chi connectivity index (χ3n) is 6.14. The van der Waals surface area contributed by atoms with Gasteiger partial charge in [0.05, 0.1) is 26.1 Å². The second-order valence-electron chi connectivity index (χ2n) is 9.59. The maximum absolute atomic E-state index is 11.7. The molecule has 0 aromatic heterocycles. The molecule has 0 rings (SSSR count). The Kier molecular flexibility index (Phi) is 24.7. The Morgan fingerprint density at radius 1 is 0.606 bits per heavy atom. The first kappa shape index (κ1) is 31.9. The SMILES string of the molecule is CCCCCCCCCCCCCCCCCCOC(=O)CCC(=O)OCC(C)CCOC. The van der Waals surface area contributed by atoms with Crippen molar-refractivity contribution < 1.29 is 23.8 Å². The highest BCUT2D eigenvalue weighted by atomic mass is 16.5. The minimum Gasteiger partial charge on any atom is -0.466 e. The summed E-state index contributed by atoms with van der Waals surface area (Å²) in [4.78, 5) is 23.4. The molecular weight excluding hydrogens is 416 g/mol. The summed E-state index contributed by atoms with van der Waals surface area (Å²) in [6.07, 6.45) is 22.3. The third kappa shape index (κ3) is 25.4. The normalized spacial score (nSPS) is 12.0. The molecule has 33 heavy (non-hydrogen) atoms. The number of hydrogen-bond acceptors (Lipinski definition) is 5. The van der Waals surface area contributed by atoms with Gasteiger partial charge >= 0.3 is 11.9 Å². The molecule has 0 fully saturated rings. The molecule has 0 aromatic rings. The summed E-state index contributed by atoms with van der Waals surface area (Å²) in [6, 6.07) is 0. The Morgan fingerprint density at radius 3 is 1.48 bits per heavy atom. The number of carbonyl (C=O) groups is 2. The molecular formula is C28H54O5. The number of carbonyl (C=O) groups excluding carboxylic acids is 2. The van der Waals surface area contributed by atoms with Crippen molar-refractivity contribution in [2.75, 3.05) is 26.9 Å². The molecule has 1 unspecified atom stereocenters. The van der Waals surface area contributed by atoms with Gasteiger partial charge in [-0.15, -0.1) is 0 Å². The van der Waals surface area contributed by atoms with E-state index < -0.39 is 0 Å². The van der Waals surface area contributed by atoms with Gasteiger partial charge in [0, 0.05) is 13.7 Å². The van der Waals surface area contributed by atoms with Crippen LogP contribution in [0.25, 0.3) is 0 Å². The highest BCUT2D eigenvalue weighted by molar-refractivity contribution is 5.77. The van der Waals surface area contributed by atoms with E-state index in [-0.39, 0.29) is 30.7 Å². The lowest BCUT2D eigenvalue weighted by atomic mass is 10.0. The van der Waals surface area contributed by atoms with Crippen LogP contribution in [0.4, 0.5) is 0 Å². The van der Waals surface area contributed by atoms with Gasteiger partial charge in [0.25, 0.3) is 0 Å². The van der Waals surface area contributed by atoms with Crippen molar-refractivity contribution >= 4 is 11.9 Å². The Labute approximate surface area is 204 Å². The quantitative estimate of drug-likeness (QED) is 0.101. The van der Waals surface area contributed by atoms with Gasteiger partial charge in [-0.3, -0.25) is 9.59 Å². The molecule has 0 aliphatic rings. The fourth-order valence-electron chi connectivity index (χ4n) is 3.82. The number of rotatable bonds is 25. The third-order valence-corrected chi connectivity index (χ3v) is 6.14. The van der Waals surface area contributed by atoms with Crippen LogP contribution in [0.2, 0.25) is 0 Å². The molecule has 0 saturated carbocycles. The number of unbranched alkanes of at least 4 members (excludes halogenated alkanes) is 15. The number of methoxy groups -OCH3 is 1. The van der Waals surface area contributed by atoms with Gasteiger partial charge in [0.15, 0.2) is 0 Å². The number of esters is 2. The molecule has 0 heterocycles. The van der Waals surface area contributed by atoms with Crippen molar-refractivity contribution in [1.82, 2.24) is 0 Å². The molecule has 5 nitrogen and oxygen atoms in total. The molecule has 1 atom stereocenters. The lowest BCUT2D eigenvalue weighted by Gasteiger charge is -2.11. The summed E-state index contributed by atoms with van der Waals surface area (Å²) in [5.41, 5.74) is 0. The van der Waals surface area contributed by atoms with E-state index in [9.17, 15) is 9.59 Å². The standard InChI is InChI=1S/C28H54O5/c1-4-5-6-7-8-9-10-11-12-13-14-15-16-17-18-19-23-32-27(29)20-21-28(30)33-25-26(2)22-24-31-3/h26H,4-25H2,1-3H3. The molecule has 0 amide bonds. The van der Waals surface area contributed by atoms with Crippen molar-refractivity contribution in [2.45, 2.75) is 136 Å². The maximum Gasteiger partial charge on any atom is 0.306 e. The summed E-state index contributed by atoms with van der Waals surface area (Å²) in [5, 5.41) is 0. The van der Waals surface area contributed by atoms with Crippen LogP contribution >= 0.6 is 0 Å². The Bertz CT molecular complexity index is 438. The van der Waals surface area contributed by atoms with Crippen LogP contribution in [-0.2, 0) is 23.8 Å². The second kappa shape index (κ2) is 25.5. The largest absolute Gasteiger partial charge is 0.466 e. The van der Waals surface area contributed by atoms with Crippen LogP contribution < -0.4 is 0 Å². The van der Waals surface area contributed by atoms with Crippen molar-refractivity contribution in [1.29, 1.82) is 0 Å². The van der Waals surface area contributed by atoms with E-state index in [0.29, 0.717) is 19.8 Å². The van der Waals surface area contributed by atoms with Gasteiger partial charge < -0.3 is 14.2 Å². The van der Waals surface area contributed by atoms with Gasteiger partial charge in [-0.05, 0) is 18.8 Å². The molecule has 0 saturated heterocycles. The van der Waals surface area contributed by atoms with Gasteiger partial charge in [-0.25, -0.2) is 0 Å². The van der Waals surface area contributed by atoms with Crippen LogP contribution in [0.3, 0.4) is 0 Å². The average Bonchev–Trinajstić information content (AvgIpc) is 2.81. The predicted molar refractivity (Wildman–Crippen MR) is 136 cm³/mol. The van der Waals surface area contributed by atoms with E-state index in [4.69, 9.17) is 14.2 Å². The highest BCUT2D eigenvalue weighted by Gasteiger charge is 2.11. The minimum atomic E-state index is -0.335. The fraction of sp³-hybridized carbons (Fsp3) is 0.929. The molecule has 0 radical (unpaired) electrons. The van der Waals surface area contributed by atoms with E-state index >= 15 is 0 Å². The molecule has 0 aliphatic heterocycles. The Morgan fingerprint density at radius 2 is 1.03 bits per heavy atom. The van der Waals surface area contributed by atoms with Crippen molar-refractivity contribution in [3.8, 4) is 0 Å².